The number of nitrogens with zero attached hydrogens (tertiary/aromatic N) is 2. The highest BCUT2D eigenvalue weighted by Gasteiger charge is 2.33. The maximum atomic E-state index is 11.9. The summed E-state index contributed by atoms with van der Waals surface area (Å²) in [7, 11) is -2.32. The maximum absolute atomic E-state index is 11.9. The van der Waals surface area contributed by atoms with Crippen molar-refractivity contribution in [3.05, 3.63) is 6.20 Å². The number of carbonyl (C=O) groups excluding carboxylic acids is 1. The Morgan fingerprint density at radius 3 is 2.72 bits per heavy atom. The van der Waals surface area contributed by atoms with Gasteiger partial charge in [0.05, 0.1) is 0 Å². The van der Waals surface area contributed by atoms with Gasteiger partial charge in [-0.15, -0.1) is 0 Å². The summed E-state index contributed by atoms with van der Waals surface area (Å²) in [5.74, 6) is 0.0329. The smallest absolute Gasteiger partial charge is 0.243 e. The van der Waals surface area contributed by atoms with Gasteiger partial charge in [-0.1, -0.05) is 6.92 Å². The van der Waals surface area contributed by atoms with Gasteiger partial charge >= 0.3 is 0 Å². The Morgan fingerprint density at radius 1 is 1.61 bits per heavy atom. The molecule has 1 heterocycles. The minimum atomic E-state index is -3.89. The van der Waals surface area contributed by atoms with Crippen LogP contribution in [-0.2, 0) is 21.9 Å². The highest BCUT2D eigenvalue weighted by atomic mass is 32.2. The summed E-state index contributed by atoms with van der Waals surface area (Å²) in [5, 5.41) is 11.5. The van der Waals surface area contributed by atoms with Crippen LogP contribution in [-0.4, -0.2) is 24.1 Å². The van der Waals surface area contributed by atoms with Crippen molar-refractivity contribution in [1.82, 2.24) is 9.78 Å². The molecule has 1 aliphatic carbocycles. The van der Waals surface area contributed by atoms with Crippen molar-refractivity contribution in [2.75, 3.05) is 5.32 Å². The van der Waals surface area contributed by atoms with E-state index in [1.165, 1.54) is 10.9 Å². The van der Waals surface area contributed by atoms with Crippen LogP contribution in [0.4, 0.5) is 5.82 Å². The summed E-state index contributed by atoms with van der Waals surface area (Å²) in [6.07, 6.45) is 3.35. The average molecular weight is 272 g/mol. The number of nitrogens with two attached hydrogens (primary N) is 1. The van der Waals surface area contributed by atoms with E-state index in [0.29, 0.717) is 5.92 Å². The molecule has 0 saturated heterocycles. The van der Waals surface area contributed by atoms with Gasteiger partial charge in [-0.25, -0.2) is 13.6 Å². The molecule has 1 aliphatic rings. The third kappa shape index (κ3) is 2.70. The lowest BCUT2D eigenvalue weighted by atomic mass is 10.1. The van der Waals surface area contributed by atoms with Crippen LogP contribution < -0.4 is 10.5 Å². The summed E-state index contributed by atoms with van der Waals surface area (Å²) < 4.78 is 24.0. The van der Waals surface area contributed by atoms with Gasteiger partial charge in [0.1, 0.15) is 4.90 Å². The van der Waals surface area contributed by atoms with E-state index >= 15 is 0 Å². The van der Waals surface area contributed by atoms with Crippen LogP contribution in [0, 0.1) is 11.8 Å². The van der Waals surface area contributed by atoms with Crippen molar-refractivity contribution in [1.29, 1.82) is 0 Å². The van der Waals surface area contributed by atoms with Gasteiger partial charge in [0.2, 0.25) is 15.9 Å². The van der Waals surface area contributed by atoms with Crippen LogP contribution in [0.15, 0.2) is 11.1 Å². The fraction of sp³-hybridized carbons (Fsp3) is 0.600. The van der Waals surface area contributed by atoms with Gasteiger partial charge < -0.3 is 5.32 Å². The maximum Gasteiger partial charge on any atom is 0.243 e. The molecule has 18 heavy (non-hydrogen) atoms. The molecular weight excluding hydrogens is 256 g/mol. The van der Waals surface area contributed by atoms with Gasteiger partial charge in [0.25, 0.3) is 0 Å². The summed E-state index contributed by atoms with van der Waals surface area (Å²) in [5.41, 5.74) is 0. The number of hydrogen-bond donors (Lipinski definition) is 2. The van der Waals surface area contributed by atoms with E-state index < -0.39 is 10.0 Å². The van der Waals surface area contributed by atoms with Crippen molar-refractivity contribution in [2.45, 2.75) is 24.7 Å². The molecule has 7 nitrogen and oxygen atoms in total. The monoisotopic (exact) mass is 272 g/mol. The molecule has 1 atom stereocenters. The van der Waals surface area contributed by atoms with Gasteiger partial charge in [-0.3, -0.25) is 9.48 Å². The van der Waals surface area contributed by atoms with E-state index in [1.54, 1.807) is 7.05 Å². The van der Waals surface area contributed by atoms with Gasteiger partial charge in [0.15, 0.2) is 5.82 Å². The fourth-order valence-electron chi connectivity index (χ4n) is 1.80. The predicted octanol–water partition coefficient (Wildman–Crippen LogP) is 0.0521. The van der Waals surface area contributed by atoms with Crippen LogP contribution in [0.1, 0.15) is 19.8 Å². The number of amides is 1. The highest BCUT2D eigenvalue weighted by Crippen LogP contribution is 2.37. The minimum Gasteiger partial charge on any atom is -0.308 e. The fourth-order valence-corrected chi connectivity index (χ4v) is 2.46. The second-order valence-corrected chi connectivity index (χ2v) is 6.21. The van der Waals surface area contributed by atoms with Gasteiger partial charge in [-0.2, -0.15) is 5.10 Å². The molecule has 3 N–H and O–H groups in total. The standard InChI is InChI=1S/C10H16N4O3S/c1-6(7-3-4-7)10(15)12-9-8(18(11,16)17)5-14(2)13-9/h5-7H,3-4H2,1-2H3,(H2,11,16,17)(H,12,13,15). The van der Waals surface area contributed by atoms with Crippen LogP contribution >= 0.6 is 0 Å². The normalized spacial score (nSPS) is 17.5. The van der Waals surface area contributed by atoms with Crippen molar-refractivity contribution < 1.29 is 13.2 Å². The molecule has 100 valence electrons. The Morgan fingerprint density at radius 2 is 2.22 bits per heavy atom. The quantitative estimate of drug-likeness (QED) is 0.807. The Labute approximate surface area is 105 Å². The highest BCUT2D eigenvalue weighted by molar-refractivity contribution is 7.89. The summed E-state index contributed by atoms with van der Waals surface area (Å²) in [4.78, 5) is 11.7. The molecule has 1 amide bonds. The zero-order chi connectivity index (χ0) is 13.5. The third-order valence-electron chi connectivity index (χ3n) is 3.09. The predicted molar refractivity (Wildman–Crippen MR) is 65.1 cm³/mol. The number of rotatable bonds is 4. The van der Waals surface area contributed by atoms with E-state index in [1.807, 2.05) is 6.92 Å². The van der Waals surface area contributed by atoms with Crippen molar-refractivity contribution in [2.24, 2.45) is 24.0 Å². The zero-order valence-corrected chi connectivity index (χ0v) is 11.1. The van der Waals surface area contributed by atoms with Gasteiger partial charge in [-0.05, 0) is 18.8 Å². The number of sulfonamides is 1. The first-order valence-electron chi connectivity index (χ1n) is 5.66. The molecule has 8 heteroatoms. The number of anilines is 1. The molecule has 0 spiro atoms. The Kier molecular flexibility index (Phi) is 3.16. The van der Waals surface area contributed by atoms with E-state index in [4.69, 9.17) is 5.14 Å². The first-order valence-corrected chi connectivity index (χ1v) is 7.21. The van der Waals surface area contributed by atoms with Crippen molar-refractivity contribution >= 4 is 21.7 Å². The number of hydrogen-bond acceptors (Lipinski definition) is 4. The van der Waals surface area contributed by atoms with Gasteiger partial charge in [0, 0.05) is 19.2 Å². The van der Waals surface area contributed by atoms with E-state index in [2.05, 4.69) is 10.4 Å². The molecule has 1 fully saturated rings. The third-order valence-corrected chi connectivity index (χ3v) is 4.00. The summed E-state index contributed by atoms with van der Waals surface area (Å²) in [6.45, 7) is 1.83. The number of carbonyl (C=O) groups is 1. The Balaban J connectivity index is 2.21. The minimum absolute atomic E-state index is 0.00231. The molecule has 0 aliphatic heterocycles. The van der Waals surface area contributed by atoms with Crippen molar-refractivity contribution in [3.63, 3.8) is 0 Å². The number of primary sulfonamides is 1. The topological polar surface area (TPSA) is 107 Å². The lowest BCUT2D eigenvalue weighted by Crippen LogP contribution is -2.24. The summed E-state index contributed by atoms with van der Waals surface area (Å²) in [6, 6.07) is 0. The molecular formula is C10H16N4O3S. The lowest BCUT2D eigenvalue weighted by molar-refractivity contribution is -0.120. The van der Waals surface area contributed by atoms with Crippen LogP contribution in [0.5, 0.6) is 0 Å². The average Bonchev–Trinajstić information content (AvgIpc) is 3.01. The zero-order valence-electron chi connectivity index (χ0n) is 10.3. The number of aryl methyl sites for hydroxylation is 1. The molecule has 1 aromatic rings. The second kappa shape index (κ2) is 4.36. The first-order chi connectivity index (χ1) is 8.29. The van der Waals surface area contributed by atoms with E-state index in [9.17, 15) is 13.2 Å². The van der Waals surface area contributed by atoms with Crippen LogP contribution in [0.25, 0.3) is 0 Å². The van der Waals surface area contributed by atoms with Crippen molar-refractivity contribution in [3.8, 4) is 0 Å². The first kappa shape index (κ1) is 13.0. The molecule has 1 unspecified atom stereocenters. The molecule has 0 bridgehead atoms. The summed E-state index contributed by atoms with van der Waals surface area (Å²) >= 11 is 0. The lowest BCUT2D eigenvalue weighted by Gasteiger charge is -2.09. The molecule has 2 rings (SSSR count). The van der Waals surface area contributed by atoms with E-state index in [0.717, 1.165) is 12.8 Å². The SMILES string of the molecule is CC(C(=O)Nc1nn(C)cc1S(N)(=O)=O)C1CC1. The van der Waals surface area contributed by atoms with E-state index in [-0.39, 0.29) is 22.5 Å². The molecule has 0 radical (unpaired) electrons. The molecule has 0 aromatic carbocycles. The Hall–Kier alpha value is -1.41. The van der Waals surface area contributed by atoms with Crippen LogP contribution in [0.3, 0.4) is 0 Å². The largest absolute Gasteiger partial charge is 0.308 e. The second-order valence-electron chi connectivity index (χ2n) is 4.68. The molecule has 1 saturated carbocycles. The van der Waals surface area contributed by atoms with Crippen LogP contribution in [0.2, 0.25) is 0 Å². The molecule has 1 aromatic heterocycles. The number of nitrogens with one attached hydrogen (secondary N) is 1. The number of aromatic nitrogens is 2. The Bertz CT molecular complexity index is 574.